The van der Waals surface area contributed by atoms with Gasteiger partial charge in [-0.1, -0.05) is 0 Å². The second kappa shape index (κ2) is 6.97. The summed E-state index contributed by atoms with van der Waals surface area (Å²) in [5.74, 6) is 2.00. The number of hydrogen-bond acceptors (Lipinski definition) is 4. The van der Waals surface area contributed by atoms with Crippen molar-refractivity contribution < 1.29 is 14.3 Å². The molecule has 0 bridgehead atoms. The molecule has 1 aliphatic carbocycles. The van der Waals surface area contributed by atoms with Gasteiger partial charge in [-0.2, -0.15) is 0 Å². The minimum atomic E-state index is -0.286. The van der Waals surface area contributed by atoms with Crippen molar-refractivity contribution in [3.8, 4) is 11.5 Å². The van der Waals surface area contributed by atoms with Gasteiger partial charge in [0.2, 0.25) is 5.91 Å². The first-order valence-corrected chi connectivity index (χ1v) is 7.87. The number of nitrogens with two attached hydrogens (primary N) is 1. The molecule has 0 spiro atoms. The van der Waals surface area contributed by atoms with Crippen LogP contribution in [0.1, 0.15) is 25.3 Å². The minimum absolute atomic E-state index is 0. The van der Waals surface area contributed by atoms with E-state index in [1.165, 1.54) is 0 Å². The van der Waals surface area contributed by atoms with Crippen molar-refractivity contribution in [3.63, 3.8) is 0 Å². The first-order valence-electron chi connectivity index (χ1n) is 7.87. The molecule has 5 nitrogen and oxygen atoms in total. The molecule has 1 aromatic carbocycles. The molecule has 23 heavy (non-hydrogen) atoms. The fraction of sp³-hybridized carbons (Fsp3) is 0.588. The van der Waals surface area contributed by atoms with E-state index in [0.717, 1.165) is 29.9 Å². The monoisotopic (exact) mass is 340 g/mol. The van der Waals surface area contributed by atoms with Crippen LogP contribution in [-0.2, 0) is 11.2 Å². The molecular formula is C17H25ClN2O3. The molecule has 1 fully saturated rings. The quantitative estimate of drug-likeness (QED) is 0.858. The van der Waals surface area contributed by atoms with Crippen LogP contribution in [0, 0.1) is 11.8 Å². The highest BCUT2D eigenvalue weighted by Crippen LogP contribution is 2.39. The highest BCUT2D eigenvalue weighted by atomic mass is 35.5. The average Bonchev–Trinajstić information content (AvgIpc) is 3.38. The van der Waals surface area contributed by atoms with E-state index in [1.807, 2.05) is 25.1 Å². The van der Waals surface area contributed by atoms with E-state index >= 15 is 0 Å². The Hall–Kier alpha value is -1.46. The Morgan fingerprint density at radius 2 is 2.22 bits per heavy atom. The molecule has 128 valence electrons. The van der Waals surface area contributed by atoms with E-state index in [0.29, 0.717) is 25.5 Å². The van der Waals surface area contributed by atoms with Gasteiger partial charge in [-0.15, -0.1) is 12.4 Å². The van der Waals surface area contributed by atoms with Crippen LogP contribution in [0.2, 0.25) is 0 Å². The molecule has 1 aliphatic heterocycles. The minimum Gasteiger partial charge on any atom is -0.497 e. The second-order valence-corrected chi connectivity index (χ2v) is 6.57. The zero-order valence-electron chi connectivity index (χ0n) is 13.6. The third kappa shape index (κ3) is 3.72. The molecule has 3 N–H and O–H groups in total. The number of rotatable bonds is 5. The molecule has 1 heterocycles. The van der Waals surface area contributed by atoms with Gasteiger partial charge in [0.1, 0.15) is 18.1 Å². The van der Waals surface area contributed by atoms with E-state index in [9.17, 15) is 4.79 Å². The number of ether oxygens (including phenoxy) is 2. The van der Waals surface area contributed by atoms with Crippen molar-refractivity contribution in [2.45, 2.75) is 31.7 Å². The van der Waals surface area contributed by atoms with Crippen molar-refractivity contribution in [1.82, 2.24) is 5.32 Å². The van der Waals surface area contributed by atoms with Gasteiger partial charge in [-0.3, -0.25) is 4.79 Å². The number of fused-ring (bicyclic) bond motifs is 1. The molecule has 0 radical (unpaired) electrons. The summed E-state index contributed by atoms with van der Waals surface area (Å²) >= 11 is 0. The summed E-state index contributed by atoms with van der Waals surface area (Å²) in [6.07, 6.45) is 2.97. The van der Waals surface area contributed by atoms with Crippen LogP contribution in [0.3, 0.4) is 0 Å². The maximum Gasteiger partial charge on any atom is 0.227 e. The lowest BCUT2D eigenvalue weighted by Gasteiger charge is -2.33. The summed E-state index contributed by atoms with van der Waals surface area (Å²) in [6, 6.07) is 5.71. The Labute approximate surface area is 143 Å². The molecule has 1 aromatic rings. The molecule has 2 aliphatic rings. The van der Waals surface area contributed by atoms with E-state index in [-0.39, 0.29) is 29.8 Å². The number of methoxy groups -OCH3 is 1. The number of hydrogen-bond donors (Lipinski definition) is 2. The Balaban J connectivity index is 0.00000192. The van der Waals surface area contributed by atoms with Gasteiger partial charge < -0.3 is 20.5 Å². The van der Waals surface area contributed by atoms with Crippen molar-refractivity contribution in [3.05, 3.63) is 23.8 Å². The number of carbonyl (C=O) groups excluding carboxylic acids is 1. The Bertz CT molecular complexity index is 577. The maximum atomic E-state index is 12.6. The van der Waals surface area contributed by atoms with Gasteiger partial charge in [0, 0.05) is 6.54 Å². The van der Waals surface area contributed by atoms with Crippen LogP contribution in [0.25, 0.3) is 0 Å². The molecule has 1 saturated carbocycles. The predicted octanol–water partition coefficient (Wildman–Crippen LogP) is 1.91. The van der Waals surface area contributed by atoms with E-state index in [4.69, 9.17) is 15.2 Å². The van der Waals surface area contributed by atoms with Gasteiger partial charge in [-0.05, 0) is 55.9 Å². The summed E-state index contributed by atoms with van der Waals surface area (Å²) in [7, 11) is 1.64. The lowest BCUT2D eigenvalue weighted by atomic mass is 9.91. The van der Waals surface area contributed by atoms with Gasteiger partial charge in [0.05, 0.1) is 18.6 Å². The highest BCUT2D eigenvalue weighted by Gasteiger charge is 2.42. The molecule has 3 rings (SSSR count). The number of benzene rings is 1. The number of nitrogens with one attached hydrogen (secondary N) is 1. The smallest absolute Gasteiger partial charge is 0.227 e. The average molecular weight is 341 g/mol. The summed E-state index contributed by atoms with van der Waals surface area (Å²) in [6.45, 7) is 2.93. The molecule has 2 unspecified atom stereocenters. The first kappa shape index (κ1) is 17.9. The van der Waals surface area contributed by atoms with Crippen LogP contribution < -0.4 is 20.5 Å². The molecule has 0 saturated heterocycles. The summed E-state index contributed by atoms with van der Waals surface area (Å²) in [5, 5.41) is 3.16. The molecule has 0 aromatic heterocycles. The molecule has 1 amide bonds. The Morgan fingerprint density at radius 1 is 1.48 bits per heavy atom. The number of amides is 1. The van der Waals surface area contributed by atoms with E-state index in [1.54, 1.807) is 7.11 Å². The zero-order chi connectivity index (χ0) is 15.7. The summed E-state index contributed by atoms with van der Waals surface area (Å²) in [4.78, 5) is 12.6. The zero-order valence-corrected chi connectivity index (χ0v) is 14.4. The van der Waals surface area contributed by atoms with Gasteiger partial charge in [0.15, 0.2) is 0 Å². The third-order valence-electron chi connectivity index (χ3n) is 4.86. The largest absolute Gasteiger partial charge is 0.497 e. The van der Waals surface area contributed by atoms with Crippen LogP contribution in [0.4, 0.5) is 0 Å². The van der Waals surface area contributed by atoms with Crippen LogP contribution in [0.15, 0.2) is 18.2 Å². The second-order valence-electron chi connectivity index (χ2n) is 6.57. The van der Waals surface area contributed by atoms with Crippen LogP contribution in [-0.4, -0.2) is 31.7 Å². The van der Waals surface area contributed by atoms with E-state index < -0.39 is 0 Å². The van der Waals surface area contributed by atoms with E-state index in [2.05, 4.69) is 5.32 Å². The standard InChI is InChI=1S/C17H24N2O3.ClH/c1-17(10-18,13-3-4-13)19-16(20)12-7-11-8-14(21-2)5-6-15(11)22-9-12;/h5-6,8,12-13H,3-4,7,9-10,18H2,1-2H3,(H,19,20);1H. The normalized spacial score (nSPS) is 22.0. The van der Waals surface area contributed by atoms with Crippen molar-refractivity contribution in [2.75, 3.05) is 20.3 Å². The van der Waals surface area contributed by atoms with Gasteiger partial charge in [-0.25, -0.2) is 0 Å². The maximum absolute atomic E-state index is 12.6. The SMILES string of the molecule is COc1ccc2c(c1)CC(C(=O)NC(C)(CN)C1CC1)CO2.Cl. The first-order chi connectivity index (χ1) is 10.6. The summed E-state index contributed by atoms with van der Waals surface area (Å²) < 4.78 is 11.0. The molecule has 6 heteroatoms. The summed E-state index contributed by atoms with van der Waals surface area (Å²) in [5.41, 5.74) is 6.61. The highest BCUT2D eigenvalue weighted by molar-refractivity contribution is 5.85. The van der Waals surface area contributed by atoms with Crippen LogP contribution >= 0.6 is 12.4 Å². The predicted molar refractivity (Wildman–Crippen MR) is 91.3 cm³/mol. The van der Waals surface area contributed by atoms with Crippen molar-refractivity contribution in [2.24, 2.45) is 17.6 Å². The Morgan fingerprint density at radius 3 is 2.83 bits per heavy atom. The van der Waals surface area contributed by atoms with Gasteiger partial charge in [0.25, 0.3) is 0 Å². The number of carbonyl (C=O) groups is 1. The Kier molecular flexibility index (Phi) is 5.42. The fourth-order valence-corrected chi connectivity index (χ4v) is 3.09. The molecular weight excluding hydrogens is 316 g/mol. The fourth-order valence-electron chi connectivity index (χ4n) is 3.09. The van der Waals surface area contributed by atoms with Crippen molar-refractivity contribution in [1.29, 1.82) is 0 Å². The third-order valence-corrected chi connectivity index (χ3v) is 4.86. The van der Waals surface area contributed by atoms with Crippen LogP contribution in [0.5, 0.6) is 11.5 Å². The lowest BCUT2D eigenvalue weighted by Crippen LogP contribution is -2.55. The number of halogens is 1. The topological polar surface area (TPSA) is 73.6 Å². The lowest BCUT2D eigenvalue weighted by molar-refractivity contribution is -0.128. The van der Waals surface area contributed by atoms with Crippen molar-refractivity contribution >= 4 is 18.3 Å². The van der Waals surface area contributed by atoms with Gasteiger partial charge >= 0.3 is 0 Å². The molecule has 2 atom stereocenters.